The van der Waals surface area contributed by atoms with Gasteiger partial charge in [0.15, 0.2) is 0 Å². The quantitative estimate of drug-likeness (QED) is 0.612. The van der Waals surface area contributed by atoms with E-state index in [1.807, 2.05) is 0 Å². The van der Waals surface area contributed by atoms with Gasteiger partial charge >= 0.3 is 0 Å². The first-order valence-corrected chi connectivity index (χ1v) is 6.64. The van der Waals surface area contributed by atoms with Gasteiger partial charge in [-0.3, -0.25) is 0 Å². The van der Waals surface area contributed by atoms with Gasteiger partial charge in [-0.25, -0.2) is 0 Å². The summed E-state index contributed by atoms with van der Waals surface area (Å²) in [4.78, 5) is 0. The fourth-order valence-electron chi connectivity index (χ4n) is 1.57. The lowest BCUT2D eigenvalue weighted by Crippen LogP contribution is -2.02. The topological polar surface area (TPSA) is 0 Å². The van der Waals surface area contributed by atoms with Crippen LogP contribution < -0.4 is 5.30 Å². The maximum atomic E-state index is 2.34. The summed E-state index contributed by atoms with van der Waals surface area (Å²) in [7, 11) is -0.115. The summed E-state index contributed by atoms with van der Waals surface area (Å²) in [6.07, 6.45) is 9.88. The molecular weight excluding hydrogens is 187 g/mol. The van der Waals surface area contributed by atoms with Crippen LogP contribution in [0.1, 0.15) is 6.42 Å². The maximum absolute atomic E-state index is 2.34. The highest BCUT2D eigenvalue weighted by molar-refractivity contribution is 7.66. The van der Waals surface area contributed by atoms with Crippen LogP contribution in [0.15, 0.2) is 54.6 Å². The molecule has 0 radical (unpaired) electrons. The SMILES string of the molecule is C[P+](=C1C=CC=CC1)c1ccccc1. The minimum atomic E-state index is -0.115. The zero-order valence-corrected chi connectivity index (χ0v) is 9.24. The first-order chi connectivity index (χ1) is 6.88. The van der Waals surface area contributed by atoms with Crippen LogP contribution >= 0.6 is 7.55 Å². The van der Waals surface area contributed by atoms with Gasteiger partial charge in [0.1, 0.15) is 24.8 Å². The average Bonchev–Trinajstić information content (AvgIpc) is 2.30. The van der Waals surface area contributed by atoms with Crippen LogP contribution in [-0.4, -0.2) is 12.0 Å². The lowest BCUT2D eigenvalue weighted by Gasteiger charge is -1.98. The lowest BCUT2D eigenvalue weighted by molar-refractivity contribution is 1.50. The first-order valence-electron chi connectivity index (χ1n) is 4.86. The Hall–Kier alpha value is -1.13. The van der Waals surface area contributed by atoms with Crippen molar-refractivity contribution in [2.45, 2.75) is 6.42 Å². The Morgan fingerprint density at radius 1 is 1.07 bits per heavy atom. The summed E-state index contributed by atoms with van der Waals surface area (Å²) in [6, 6.07) is 10.8. The van der Waals surface area contributed by atoms with Crippen LogP contribution in [0.5, 0.6) is 0 Å². The van der Waals surface area contributed by atoms with Crippen LogP contribution in [0.3, 0.4) is 0 Å². The monoisotopic (exact) mass is 201 g/mol. The zero-order valence-electron chi connectivity index (χ0n) is 8.35. The van der Waals surface area contributed by atoms with E-state index in [1.165, 1.54) is 5.30 Å². The van der Waals surface area contributed by atoms with Crippen molar-refractivity contribution < 1.29 is 0 Å². The van der Waals surface area contributed by atoms with E-state index in [0.29, 0.717) is 0 Å². The summed E-state index contributed by atoms with van der Waals surface area (Å²) in [5.74, 6) is 0. The molecule has 0 heterocycles. The molecule has 0 saturated carbocycles. The zero-order chi connectivity index (χ0) is 9.80. The fourth-order valence-corrected chi connectivity index (χ4v) is 3.21. The second-order valence-corrected chi connectivity index (χ2v) is 5.59. The van der Waals surface area contributed by atoms with Gasteiger partial charge in [0.25, 0.3) is 0 Å². The summed E-state index contributed by atoms with van der Waals surface area (Å²) >= 11 is 0. The van der Waals surface area contributed by atoms with Gasteiger partial charge in [-0.2, -0.15) is 0 Å². The molecule has 1 aliphatic rings. The molecule has 0 spiro atoms. The van der Waals surface area contributed by atoms with Crippen molar-refractivity contribution in [3.8, 4) is 0 Å². The third-order valence-corrected chi connectivity index (χ3v) is 4.70. The highest BCUT2D eigenvalue weighted by Crippen LogP contribution is 2.22. The predicted octanol–water partition coefficient (Wildman–Crippen LogP) is 3.11. The summed E-state index contributed by atoms with van der Waals surface area (Å²) in [6.45, 7) is 2.34. The van der Waals surface area contributed by atoms with E-state index in [-0.39, 0.29) is 7.55 Å². The maximum Gasteiger partial charge on any atom is 0.148 e. The number of hydrogen-bond donors (Lipinski definition) is 0. The van der Waals surface area contributed by atoms with Gasteiger partial charge in [-0.1, -0.05) is 36.4 Å². The molecular formula is C13H14P+. The average molecular weight is 201 g/mol. The van der Waals surface area contributed by atoms with Crippen LogP contribution in [0, 0.1) is 0 Å². The number of allylic oxidation sites excluding steroid dienone is 4. The molecule has 0 bridgehead atoms. The van der Waals surface area contributed by atoms with Crippen molar-refractivity contribution in [3.05, 3.63) is 54.6 Å². The van der Waals surface area contributed by atoms with Crippen LogP contribution in [0.4, 0.5) is 0 Å². The van der Waals surface area contributed by atoms with Crippen molar-refractivity contribution >= 4 is 18.1 Å². The van der Waals surface area contributed by atoms with E-state index in [2.05, 4.69) is 61.3 Å². The van der Waals surface area contributed by atoms with Gasteiger partial charge in [0, 0.05) is 6.42 Å². The lowest BCUT2D eigenvalue weighted by atomic mass is 10.2. The Kier molecular flexibility index (Phi) is 2.96. The van der Waals surface area contributed by atoms with Crippen molar-refractivity contribution in [1.82, 2.24) is 0 Å². The van der Waals surface area contributed by atoms with Crippen molar-refractivity contribution in [3.63, 3.8) is 0 Å². The molecule has 0 amide bonds. The Labute approximate surface area is 86.4 Å². The number of rotatable bonds is 1. The van der Waals surface area contributed by atoms with Crippen molar-refractivity contribution in [2.24, 2.45) is 0 Å². The van der Waals surface area contributed by atoms with E-state index in [9.17, 15) is 0 Å². The molecule has 1 aromatic rings. The van der Waals surface area contributed by atoms with Crippen molar-refractivity contribution in [1.29, 1.82) is 0 Å². The van der Waals surface area contributed by atoms with Crippen LogP contribution in [0.2, 0.25) is 0 Å². The Morgan fingerprint density at radius 3 is 2.50 bits per heavy atom. The molecule has 1 aromatic carbocycles. The second kappa shape index (κ2) is 4.39. The van der Waals surface area contributed by atoms with Gasteiger partial charge in [0.05, 0.1) is 0 Å². The van der Waals surface area contributed by atoms with Crippen LogP contribution in [-0.2, 0) is 0 Å². The van der Waals surface area contributed by atoms with E-state index in [1.54, 1.807) is 5.29 Å². The van der Waals surface area contributed by atoms with E-state index in [0.717, 1.165) is 6.42 Å². The Bertz CT molecular complexity index is 397. The Morgan fingerprint density at radius 2 is 1.86 bits per heavy atom. The smallest absolute Gasteiger partial charge is 0.0763 e. The molecule has 1 heteroatoms. The molecule has 0 aliphatic heterocycles. The molecule has 70 valence electrons. The van der Waals surface area contributed by atoms with Gasteiger partial charge < -0.3 is 0 Å². The van der Waals surface area contributed by atoms with Crippen molar-refractivity contribution in [2.75, 3.05) is 6.66 Å². The van der Waals surface area contributed by atoms with E-state index < -0.39 is 0 Å². The van der Waals surface area contributed by atoms with Gasteiger partial charge in [-0.05, 0) is 18.2 Å². The van der Waals surface area contributed by atoms with E-state index in [4.69, 9.17) is 0 Å². The highest BCUT2D eigenvalue weighted by atomic mass is 31.1. The summed E-state index contributed by atoms with van der Waals surface area (Å²) in [5, 5.41) is 3.03. The normalized spacial score (nSPS) is 18.4. The number of hydrogen-bond acceptors (Lipinski definition) is 0. The van der Waals surface area contributed by atoms with Gasteiger partial charge in [0.2, 0.25) is 0 Å². The molecule has 1 unspecified atom stereocenters. The largest absolute Gasteiger partial charge is 0.148 e. The van der Waals surface area contributed by atoms with Crippen LogP contribution in [0.25, 0.3) is 0 Å². The minimum Gasteiger partial charge on any atom is -0.0763 e. The molecule has 0 saturated heterocycles. The molecule has 2 rings (SSSR count). The molecule has 0 fully saturated rings. The summed E-state index contributed by atoms with van der Waals surface area (Å²) < 4.78 is 0. The molecule has 1 atom stereocenters. The molecule has 0 N–H and O–H groups in total. The molecule has 0 aromatic heterocycles. The van der Waals surface area contributed by atoms with Gasteiger partial charge in [-0.15, -0.1) is 0 Å². The molecule has 0 nitrogen and oxygen atoms in total. The minimum absolute atomic E-state index is 0.115. The standard InChI is InChI=1S/C13H14P/c1-14(12-8-4-2-5-9-12)13-10-6-3-7-11-13/h2-10H,11H2,1H3/q+1. The third kappa shape index (κ3) is 2.02. The first kappa shape index (κ1) is 9.43. The Balaban J connectivity index is 2.36. The number of benzene rings is 1. The predicted molar refractivity (Wildman–Crippen MR) is 66.8 cm³/mol. The highest BCUT2D eigenvalue weighted by Gasteiger charge is 2.13. The summed E-state index contributed by atoms with van der Waals surface area (Å²) in [5.41, 5.74) is 0. The second-order valence-electron chi connectivity index (χ2n) is 3.38. The molecule has 1 aliphatic carbocycles. The fraction of sp³-hybridized carbons (Fsp3) is 0.154. The third-order valence-electron chi connectivity index (χ3n) is 2.44. The van der Waals surface area contributed by atoms with E-state index >= 15 is 0 Å². The molecule has 14 heavy (non-hydrogen) atoms.